The van der Waals surface area contributed by atoms with Crippen molar-refractivity contribution < 1.29 is 13.9 Å². The molecule has 4 heterocycles. The summed E-state index contributed by atoms with van der Waals surface area (Å²) >= 11 is 0. The Kier molecular flexibility index (Phi) is 5.55. The summed E-state index contributed by atoms with van der Waals surface area (Å²) in [6, 6.07) is 5.58. The van der Waals surface area contributed by atoms with Crippen molar-refractivity contribution in [3.8, 4) is 28.4 Å². The molecule has 0 radical (unpaired) electrons. The van der Waals surface area contributed by atoms with Crippen molar-refractivity contribution in [2.24, 2.45) is 5.73 Å². The largest absolute Gasteiger partial charge is 0.452 e. The molecule has 36 heavy (non-hydrogen) atoms. The Balaban J connectivity index is 1.57. The number of nitrogens with two attached hydrogens (primary N) is 1. The zero-order valence-electron chi connectivity index (χ0n) is 19.6. The first-order valence-electron chi connectivity index (χ1n) is 11.0. The molecular formula is C24H21FN8O3. The first-order valence-corrected chi connectivity index (χ1v) is 11.0. The van der Waals surface area contributed by atoms with Crippen LogP contribution in [0.5, 0.6) is 11.5 Å². The summed E-state index contributed by atoms with van der Waals surface area (Å²) < 4.78 is 24.1. The molecule has 0 aliphatic rings. The zero-order chi connectivity index (χ0) is 25.6. The van der Waals surface area contributed by atoms with Crippen LogP contribution in [0.3, 0.4) is 0 Å². The van der Waals surface area contributed by atoms with E-state index in [1.54, 1.807) is 19.1 Å². The van der Waals surface area contributed by atoms with Gasteiger partial charge in [0.15, 0.2) is 23.0 Å². The normalized spacial score (nSPS) is 11.4. The van der Waals surface area contributed by atoms with Gasteiger partial charge in [-0.05, 0) is 39.0 Å². The SMILES string of the molecule is Cc1c(C(N)=O)c(-c2ccc(Oc3ccnc4[nH]c(=O)n(C(C)C)c34)c(F)c2)nn1-c1cncnc1. The average Bonchev–Trinajstić information content (AvgIpc) is 3.38. The fraction of sp³-hybridized carbons (Fsp3) is 0.167. The van der Waals surface area contributed by atoms with Gasteiger partial charge in [-0.1, -0.05) is 0 Å². The fourth-order valence-electron chi connectivity index (χ4n) is 4.10. The number of benzene rings is 1. The number of aromatic nitrogens is 7. The van der Waals surface area contributed by atoms with Crippen LogP contribution in [0.15, 0.2) is 54.0 Å². The van der Waals surface area contributed by atoms with Crippen LogP contribution < -0.4 is 16.2 Å². The summed E-state index contributed by atoms with van der Waals surface area (Å²) in [5, 5.41) is 4.48. The number of fused-ring (bicyclic) bond motifs is 1. The Bertz CT molecular complexity index is 1670. The smallest absolute Gasteiger partial charge is 0.328 e. The van der Waals surface area contributed by atoms with Crippen molar-refractivity contribution >= 4 is 17.1 Å². The molecule has 182 valence electrons. The third kappa shape index (κ3) is 3.78. The Morgan fingerprint density at radius 2 is 1.92 bits per heavy atom. The average molecular weight is 488 g/mol. The number of aromatic amines is 1. The third-order valence-corrected chi connectivity index (χ3v) is 5.67. The summed E-state index contributed by atoms with van der Waals surface area (Å²) in [6.45, 7) is 5.37. The maximum atomic E-state index is 15.3. The molecule has 0 fully saturated rings. The first kappa shape index (κ1) is 22.9. The molecule has 0 bridgehead atoms. The Morgan fingerprint density at radius 3 is 2.58 bits per heavy atom. The van der Waals surface area contributed by atoms with E-state index in [2.05, 4.69) is 25.0 Å². The highest BCUT2D eigenvalue weighted by Gasteiger charge is 2.23. The number of rotatable bonds is 6. The van der Waals surface area contributed by atoms with E-state index in [4.69, 9.17) is 10.5 Å². The topological polar surface area (TPSA) is 147 Å². The quantitative estimate of drug-likeness (QED) is 0.373. The molecule has 1 aromatic carbocycles. The van der Waals surface area contributed by atoms with E-state index in [-0.39, 0.29) is 34.5 Å². The summed E-state index contributed by atoms with van der Waals surface area (Å²) in [4.78, 5) is 39.4. The molecule has 0 spiro atoms. The van der Waals surface area contributed by atoms with Crippen molar-refractivity contribution in [2.45, 2.75) is 26.8 Å². The number of hydrogen-bond donors (Lipinski definition) is 2. The molecule has 0 aliphatic carbocycles. The zero-order valence-corrected chi connectivity index (χ0v) is 19.6. The lowest BCUT2D eigenvalue weighted by Crippen LogP contribution is -2.18. The molecule has 12 heteroatoms. The monoisotopic (exact) mass is 488 g/mol. The predicted octanol–water partition coefficient (Wildman–Crippen LogP) is 3.29. The molecule has 0 atom stereocenters. The van der Waals surface area contributed by atoms with Crippen molar-refractivity contribution in [1.82, 2.24) is 34.3 Å². The van der Waals surface area contributed by atoms with Crippen LogP contribution in [0.4, 0.5) is 4.39 Å². The number of carbonyl (C=O) groups excluding carboxylic acids is 1. The fourth-order valence-corrected chi connectivity index (χ4v) is 4.10. The predicted molar refractivity (Wildman–Crippen MR) is 129 cm³/mol. The second kappa shape index (κ2) is 8.73. The molecular weight excluding hydrogens is 467 g/mol. The number of carbonyl (C=O) groups is 1. The highest BCUT2D eigenvalue weighted by Crippen LogP contribution is 2.34. The molecule has 0 unspecified atom stereocenters. The summed E-state index contributed by atoms with van der Waals surface area (Å²) in [7, 11) is 0. The van der Waals surface area contributed by atoms with Gasteiger partial charge in [0, 0.05) is 23.9 Å². The minimum absolute atomic E-state index is 0.0801. The molecule has 1 amide bonds. The van der Waals surface area contributed by atoms with Crippen LogP contribution in [0, 0.1) is 12.7 Å². The maximum absolute atomic E-state index is 15.3. The van der Waals surface area contributed by atoms with E-state index in [1.165, 1.54) is 46.3 Å². The second-order valence-corrected chi connectivity index (χ2v) is 8.33. The number of H-pyrrole nitrogens is 1. The Labute approximate surface area is 203 Å². The first-order chi connectivity index (χ1) is 17.3. The number of pyridine rings is 1. The third-order valence-electron chi connectivity index (χ3n) is 5.67. The van der Waals surface area contributed by atoms with Gasteiger partial charge in [0.05, 0.1) is 23.7 Å². The molecule has 0 saturated carbocycles. The summed E-state index contributed by atoms with van der Waals surface area (Å²) in [5.74, 6) is -1.22. The maximum Gasteiger partial charge on any atom is 0.328 e. The van der Waals surface area contributed by atoms with Gasteiger partial charge in [-0.3, -0.25) is 14.3 Å². The van der Waals surface area contributed by atoms with E-state index in [1.807, 2.05) is 13.8 Å². The van der Waals surface area contributed by atoms with Gasteiger partial charge in [-0.15, -0.1) is 0 Å². The van der Waals surface area contributed by atoms with Gasteiger partial charge in [0.1, 0.15) is 23.2 Å². The minimum Gasteiger partial charge on any atom is -0.452 e. The number of hydrogen-bond acceptors (Lipinski definition) is 7. The number of nitrogens with zero attached hydrogens (tertiary/aromatic N) is 6. The van der Waals surface area contributed by atoms with Crippen molar-refractivity contribution in [1.29, 1.82) is 0 Å². The second-order valence-electron chi connectivity index (χ2n) is 8.33. The van der Waals surface area contributed by atoms with E-state index in [9.17, 15) is 9.59 Å². The molecule has 3 N–H and O–H groups in total. The lowest BCUT2D eigenvalue weighted by Gasteiger charge is -2.12. The van der Waals surface area contributed by atoms with Crippen molar-refractivity contribution in [3.05, 3.63) is 76.7 Å². The van der Waals surface area contributed by atoms with E-state index < -0.39 is 11.7 Å². The number of primary amides is 1. The lowest BCUT2D eigenvalue weighted by molar-refractivity contribution is 0.1000. The van der Waals surface area contributed by atoms with Crippen LogP contribution in [-0.2, 0) is 0 Å². The number of imidazole rings is 1. The van der Waals surface area contributed by atoms with Gasteiger partial charge >= 0.3 is 5.69 Å². The van der Waals surface area contributed by atoms with Gasteiger partial charge in [0.2, 0.25) is 0 Å². The van der Waals surface area contributed by atoms with Crippen LogP contribution in [0.25, 0.3) is 28.1 Å². The molecule has 11 nitrogen and oxygen atoms in total. The van der Waals surface area contributed by atoms with Crippen LogP contribution in [0.1, 0.15) is 35.9 Å². The number of nitrogens with one attached hydrogen (secondary N) is 1. The van der Waals surface area contributed by atoms with Crippen molar-refractivity contribution in [2.75, 3.05) is 0 Å². The van der Waals surface area contributed by atoms with Gasteiger partial charge in [-0.25, -0.2) is 28.8 Å². The summed E-state index contributed by atoms with van der Waals surface area (Å²) in [6.07, 6.45) is 5.90. The van der Waals surface area contributed by atoms with E-state index in [0.29, 0.717) is 28.1 Å². The van der Waals surface area contributed by atoms with Gasteiger partial charge in [-0.2, -0.15) is 5.10 Å². The molecule has 0 saturated heterocycles. The highest BCUT2D eigenvalue weighted by molar-refractivity contribution is 6.00. The van der Waals surface area contributed by atoms with Crippen molar-refractivity contribution in [3.63, 3.8) is 0 Å². The van der Waals surface area contributed by atoms with Crippen LogP contribution in [-0.4, -0.2) is 40.2 Å². The van der Waals surface area contributed by atoms with Gasteiger partial charge in [0.25, 0.3) is 5.91 Å². The lowest BCUT2D eigenvalue weighted by atomic mass is 10.1. The van der Waals surface area contributed by atoms with E-state index >= 15 is 4.39 Å². The standard InChI is InChI=1S/C24H21FN8O3/c1-12(2)32-21-18(6-7-29-23(21)30-24(32)35)36-17-5-4-14(8-16(17)25)20-19(22(26)34)13(3)33(31-20)15-9-27-11-28-10-15/h4-12H,1-3H3,(H2,26,34)(H,29,30,35). The van der Waals surface area contributed by atoms with E-state index in [0.717, 1.165) is 0 Å². The molecule has 0 aliphatic heterocycles. The highest BCUT2D eigenvalue weighted by atomic mass is 19.1. The molecule has 5 aromatic rings. The van der Waals surface area contributed by atoms with Crippen LogP contribution >= 0.6 is 0 Å². The Hall–Kier alpha value is -4.87. The van der Waals surface area contributed by atoms with Crippen LogP contribution in [0.2, 0.25) is 0 Å². The number of ether oxygens (including phenoxy) is 1. The Morgan fingerprint density at radius 1 is 1.17 bits per heavy atom. The molecule has 4 aromatic heterocycles. The van der Waals surface area contributed by atoms with Gasteiger partial charge < -0.3 is 10.5 Å². The number of amides is 1. The summed E-state index contributed by atoms with van der Waals surface area (Å²) in [5.41, 5.74) is 7.72. The minimum atomic E-state index is -0.704. The molecule has 5 rings (SSSR count). The number of halogens is 1.